The summed E-state index contributed by atoms with van der Waals surface area (Å²) in [7, 11) is 3.68. The van der Waals surface area contributed by atoms with E-state index in [9.17, 15) is 4.79 Å². The molecule has 0 atom stereocenters. The van der Waals surface area contributed by atoms with Crippen molar-refractivity contribution < 1.29 is 9.53 Å². The summed E-state index contributed by atoms with van der Waals surface area (Å²) in [6, 6.07) is 0. The number of rotatable bonds is 4. The second-order valence-electron chi connectivity index (χ2n) is 6.21. The lowest BCUT2D eigenvalue weighted by Crippen LogP contribution is -2.22. The summed E-state index contributed by atoms with van der Waals surface area (Å²) < 4.78 is 7.37. The van der Waals surface area contributed by atoms with Crippen molar-refractivity contribution in [3.63, 3.8) is 0 Å². The molecule has 128 valence electrons. The van der Waals surface area contributed by atoms with E-state index in [0.717, 1.165) is 43.0 Å². The van der Waals surface area contributed by atoms with Gasteiger partial charge in [0.1, 0.15) is 17.3 Å². The van der Waals surface area contributed by atoms with E-state index in [1.54, 1.807) is 13.3 Å². The number of anilines is 1. The molecule has 1 fully saturated rings. The molecule has 1 N–H and O–H groups in total. The van der Waals surface area contributed by atoms with E-state index in [0.29, 0.717) is 17.7 Å². The van der Waals surface area contributed by atoms with Crippen LogP contribution in [-0.2, 0) is 11.8 Å². The van der Waals surface area contributed by atoms with Gasteiger partial charge in [-0.1, -0.05) is 0 Å². The lowest BCUT2D eigenvalue weighted by atomic mass is 9.85. The molecule has 7 heteroatoms. The highest BCUT2D eigenvalue weighted by Gasteiger charge is 2.28. The van der Waals surface area contributed by atoms with Gasteiger partial charge in [0, 0.05) is 32.5 Å². The van der Waals surface area contributed by atoms with E-state index in [1.807, 2.05) is 18.5 Å². The van der Waals surface area contributed by atoms with Gasteiger partial charge in [0.2, 0.25) is 0 Å². The van der Waals surface area contributed by atoms with Crippen LogP contribution in [0.25, 0.3) is 0 Å². The molecular weight excluding hydrogens is 306 g/mol. The maximum Gasteiger partial charge on any atom is 0.277 e. The average molecular weight is 329 g/mol. The number of ether oxygens (including phenoxy) is 1. The first-order chi connectivity index (χ1) is 11.6. The molecule has 1 aliphatic rings. The van der Waals surface area contributed by atoms with Gasteiger partial charge < -0.3 is 14.6 Å². The van der Waals surface area contributed by atoms with Crippen LogP contribution in [0.2, 0.25) is 0 Å². The summed E-state index contributed by atoms with van der Waals surface area (Å²) in [5.41, 5.74) is 1.26. The first kappa shape index (κ1) is 16.6. The van der Waals surface area contributed by atoms with Gasteiger partial charge in [-0.2, -0.15) is 0 Å². The van der Waals surface area contributed by atoms with Crippen molar-refractivity contribution >= 4 is 11.7 Å². The molecule has 1 saturated carbocycles. The molecule has 0 radical (unpaired) electrons. The van der Waals surface area contributed by atoms with E-state index in [-0.39, 0.29) is 5.91 Å². The van der Waals surface area contributed by atoms with E-state index in [2.05, 4.69) is 15.3 Å². The highest BCUT2D eigenvalue weighted by Crippen LogP contribution is 2.37. The van der Waals surface area contributed by atoms with Crippen LogP contribution in [0.1, 0.15) is 53.6 Å². The van der Waals surface area contributed by atoms with Crippen molar-refractivity contribution in [1.82, 2.24) is 19.5 Å². The predicted octanol–water partition coefficient (Wildman–Crippen LogP) is 2.44. The Balaban J connectivity index is 1.82. The monoisotopic (exact) mass is 329 g/mol. The van der Waals surface area contributed by atoms with Gasteiger partial charge in [0.05, 0.1) is 18.0 Å². The quantitative estimate of drug-likeness (QED) is 0.931. The van der Waals surface area contributed by atoms with Crippen molar-refractivity contribution in [2.24, 2.45) is 7.05 Å². The van der Waals surface area contributed by atoms with Gasteiger partial charge in [0.25, 0.3) is 5.91 Å². The summed E-state index contributed by atoms with van der Waals surface area (Å²) >= 11 is 0. The lowest BCUT2D eigenvalue weighted by Gasteiger charge is -2.27. The van der Waals surface area contributed by atoms with Crippen LogP contribution in [0.3, 0.4) is 0 Å². The van der Waals surface area contributed by atoms with Crippen LogP contribution in [-0.4, -0.2) is 38.6 Å². The number of hydrogen-bond donors (Lipinski definition) is 1. The Morgan fingerprint density at radius 2 is 2.04 bits per heavy atom. The number of carbonyl (C=O) groups is 1. The van der Waals surface area contributed by atoms with E-state index in [1.165, 1.54) is 12.4 Å². The van der Waals surface area contributed by atoms with Crippen molar-refractivity contribution in [2.45, 2.75) is 44.6 Å². The zero-order valence-corrected chi connectivity index (χ0v) is 14.3. The van der Waals surface area contributed by atoms with Gasteiger partial charge in [-0.3, -0.25) is 9.78 Å². The van der Waals surface area contributed by atoms with Crippen LogP contribution in [0.15, 0.2) is 18.6 Å². The number of imidazole rings is 1. The van der Waals surface area contributed by atoms with E-state index in [4.69, 9.17) is 9.72 Å². The molecule has 3 rings (SSSR count). The fourth-order valence-corrected chi connectivity index (χ4v) is 3.23. The van der Waals surface area contributed by atoms with Gasteiger partial charge in [-0.25, -0.2) is 9.97 Å². The highest BCUT2D eigenvalue weighted by molar-refractivity contribution is 6.02. The maximum absolute atomic E-state index is 12.4. The second-order valence-corrected chi connectivity index (χ2v) is 6.21. The first-order valence-corrected chi connectivity index (χ1v) is 8.23. The Kier molecular flexibility index (Phi) is 4.89. The first-order valence-electron chi connectivity index (χ1n) is 8.23. The zero-order valence-electron chi connectivity index (χ0n) is 14.3. The third-order valence-electron chi connectivity index (χ3n) is 4.77. The number of amides is 1. The van der Waals surface area contributed by atoms with E-state index < -0.39 is 0 Å². The molecule has 2 heterocycles. The zero-order chi connectivity index (χ0) is 17.1. The fraction of sp³-hybridized carbons (Fsp3) is 0.529. The molecule has 2 aromatic heterocycles. The maximum atomic E-state index is 12.4. The molecule has 1 aliphatic carbocycles. The Bertz CT molecular complexity index is 705. The van der Waals surface area contributed by atoms with Crippen LogP contribution >= 0.6 is 0 Å². The molecule has 24 heavy (non-hydrogen) atoms. The van der Waals surface area contributed by atoms with Crippen LogP contribution < -0.4 is 5.32 Å². The smallest absolute Gasteiger partial charge is 0.277 e. The number of aromatic nitrogens is 4. The summed E-state index contributed by atoms with van der Waals surface area (Å²) in [6.07, 6.45) is 8.93. The third kappa shape index (κ3) is 3.31. The number of carbonyl (C=O) groups excluding carboxylic acids is 1. The fourth-order valence-electron chi connectivity index (χ4n) is 3.23. The number of nitrogens with one attached hydrogen (secondary N) is 1. The van der Waals surface area contributed by atoms with Gasteiger partial charge >= 0.3 is 0 Å². The largest absolute Gasteiger partial charge is 0.381 e. The molecular formula is C17H23N5O2. The molecule has 0 bridgehead atoms. The molecule has 0 aliphatic heterocycles. The normalized spacial score (nSPS) is 20.8. The van der Waals surface area contributed by atoms with Crippen molar-refractivity contribution in [2.75, 3.05) is 12.4 Å². The summed E-state index contributed by atoms with van der Waals surface area (Å²) in [4.78, 5) is 25.1. The van der Waals surface area contributed by atoms with Gasteiger partial charge in [-0.05, 0) is 32.6 Å². The Morgan fingerprint density at radius 3 is 2.67 bits per heavy atom. The molecule has 0 spiro atoms. The van der Waals surface area contributed by atoms with Crippen LogP contribution in [0.5, 0.6) is 0 Å². The van der Waals surface area contributed by atoms with Gasteiger partial charge in [-0.15, -0.1) is 0 Å². The standard InChI is InChI=1S/C17H23N5O2/c1-11-20-15(12-4-6-13(24-3)7-5-12)16(22(11)2)21-17(23)14-10-18-8-9-19-14/h8-10,12-13H,4-7H2,1-3H3,(H,21,23). The molecule has 0 saturated heterocycles. The minimum atomic E-state index is -0.266. The molecule has 7 nitrogen and oxygen atoms in total. The summed E-state index contributed by atoms with van der Waals surface area (Å²) in [5, 5.41) is 2.97. The summed E-state index contributed by atoms with van der Waals surface area (Å²) in [5.74, 6) is 1.71. The van der Waals surface area contributed by atoms with E-state index >= 15 is 0 Å². The molecule has 0 unspecified atom stereocenters. The molecule has 2 aromatic rings. The molecule has 0 aromatic carbocycles. The minimum Gasteiger partial charge on any atom is -0.381 e. The number of methoxy groups -OCH3 is 1. The topological polar surface area (TPSA) is 81.9 Å². The van der Waals surface area contributed by atoms with Crippen molar-refractivity contribution in [3.05, 3.63) is 35.8 Å². The van der Waals surface area contributed by atoms with Crippen LogP contribution in [0.4, 0.5) is 5.82 Å². The van der Waals surface area contributed by atoms with Crippen molar-refractivity contribution in [3.8, 4) is 0 Å². The highest BCUT2D eigenvalue weighted by atomic mass is 16.5. The van der Waals surface area contributed by atoms with Gasteiger partial charge in [0.15, 0.2) is 0 Å². The third-order valence-corrected chi connectivity index (χ3v) is 4.77. The number of aryl methyl sites for hydroxylation is 1. The number of hydrogen-bond acceptors (Lipinski definition) is 5. The number of nitrogens with zero attached hydrogens (tertiary/aromatic N) is 4. The molecule has 1 amide bonds. The minimum absolute atomic E-state index is 0.266. The SMILES string of the molecule is COC1CCC(c2nc(C)n(C)c2NC(=O)c2cnccn2)CC1. The second kappa shape index (κ2) is 7.09. The summed E-state index contributed by atoms with van der Waals surface area (Å²) in [6.45, 7) is 1.95. The Labute approximate surface area is 141 Å². The Morgan fingerprint density at radius 1 is 1.29 bits per heavy atom. The average Bonchev–Trinajstić information content (AvgIpc) is 2.91. The predicted molar refractivity (Wildman–Crippen MR) is 89.9 cm³/mol. The lowest BCUT2D eigenvalue weighted by molar-refractivity contribution is 0.0655. The Hall–Kier alpha value is -2.28. The van der Waals surface area contributed by atoms with Crippen molar-refractivity contribution in [1.29, 1.82) is 0 Å². The van der Waals surface area contributed by atoms with Crippen LogP contribution in [0, 0.1) is 6.92 Å².